The van der Waals surface area contributed by atoms with E-state index in [1.807, 2.05) is 6.92 Å². The first-order chi connectivity index (χ1) is 9.03. The van der Waals surface area contributed by atoms with Crippen LogP contribution in [0.15, 0.2) is 12.7 Å². The van der Waals surface area contributed by atoms with Crippen molar-refractivity contribution < 1.29 is 14.7 Å². The number of carbonyl (C=O) groups excluding carboxylic acids is 1. The summed E-state index contributed by atoms with van der Waals surface area (Å²) in [6.07, 6.45) is 7.13. The summed E-state index contributed by atoms with van der Waals surface area (Å²) >= 11 is 0. The molecule has 0 atom stereocenters. The molecule has 4 heteroatoms. The SMILES string of the molecule is C=CCN(CC)C(=O)CC1(CC(=O)O)CCCCC1. The van der Waals surface area contributed by atoms with Crippen LogP contribution in [0.3, 0.4) is 0 Å². The van der Waals surface area contributed by atoms with E-state index in [2.05, 4.69) is 6.58 Å². The summed E-state index contributed by atoms with van der Waals surface area (Å²) in [4.78, 5) is 25.1. The number of nitrogens with zero attached hydrogens (tertiary/aromatic N) is 1. The second-order valence-corrected chi connectivity index (χ2v) is 5.53. The maximum absolute atomic E-state index is 12.3. The Hall–Kier alpha value is -1.32. The molecule has 0 aromatic rings. The first-order valence-electron chi connectivity index (χ1n) is 7.13. The van der Waals surface area contributed by atoms with E-state index in [0.29, 0.717) is 19.5 Å². The first kappa shape index (κ1) is 15.7. The quantitative estimate of drug-likeness (QED) is 0.722. The zero-order valence-electron chi connectivity index (χ0n) is 11.9. The van der Waals surface area contributed by atoms with E-state index in [1.165, 1.54) is 0 Å². The van der Waals surface area contributed by atoms with Crippen LogP contribution in [0.5, 0.6) is 0 Å². The lowest BCUT2D eigenvalue weighted by molar-refractivity contribution is -0.142. The van der Waals surface area contributed by atoms with Gasteiger partial charge in [-0.1, -0.05) is 25.3 Å². The predicted molar refractivity (Wildman–Crippen MR) is 74.8 cm³/mol. The van der Waals surface area contributed by atoms with Gasteiger partial charge >= 0.3 is 5.97 Å². The van der Waals surface area contributed by atoms with Crippen molar-refractivity contribution in [3.8, 4) is 0 Å². The molecule has 1 N–H and O–H groups in total. The number of carboxylic acids is 1. The minimum Gasteiger partial charge on any atom is -0.481 e. The van der Waals surface area contributed by atoms with Gasteiger partial charge in [0, 0.05) is 19.5 Å². The third kappa shape index (κ3) is 4.69. The monoisotopic (exact) mass is 267 g/mol. The van der Waals surface area contributed by atoms with Crippen LogP contribution >= 0.6 is 0 Å². The zero-order chi connectivity index (χ0) is 14.3. The molecule has 0 unspecified atom stereocenters. The van der Waals surface area contributed by atoms with Gasteiger partial charge in [0.2, 0.25) is 5.91 Å². The lowest BCUT2D eigenvalue weighted by Gasteiger charge is -2.37. The van der Waals surface area contributed by atoms with Crippen molar-refractivity contribution in [2.45, 2.75) is 51.9 Å². The molecule has 1 fully saturated rings. The Kier molecular flexibility index (Phi) is 6.06. The van der Waals surface area contributed by atoms with E-state index in [0.717, 1.165) is 32.1 Å². The van der Waals surface area contributed by atoms with E-state index in [4.69, 9.17) is 5.11 Å². The third-order valence-electron chi connectivity index (χ3n) is 4.05. The Morgan fingerprint density at radius 3 is 2.37 bits per heavy atom. The van der Waals surface area contributed by atoms with Crippen molar-refractivity contribution in [1.29, 1.82) is 0 Å². The van der Waals surface area contributed by atoms with Crippen LogP contribution in [0, 0.1) is 5.41 Å². The maximum Gasteiger partial charge on any atom is 0.303 e. The molecule has 0 aromatic heterocycles. The number of carboxylic acid groups (broad SMARTS) is 1. The summed E-state index contributed by atoms with van der Waals surface area (Å²) in [5.74, 6) is -0.730. The number of aliphatic carboxylic acids is 1. The van der Waals surface area contributed by atoms with Gasteiger partial charge in [0.25, 0.3) is 0 Å². The highest BCUT2D eigenvalue weighted by Gasteiger charge is 2.37. The molecule has 0 bridgehead atoms. The summed E-state index contributed by atoms with van der Waals surface area (Å²) in [5, 5.41) is 9.10. The molecule has 0 aliphatic heterocycles. The van der Waals surface area contributed by atoms with Crippen LogP contribution in [0.2, 0.25) is 0 Å². The van der Waals surface area contributed by atoms with Gasteiger partial charge in [0.05, 0.1) is 6.42 Å². The van der Waals surface area contributed by atoms with E-state index in [-0.39, 0.29) is 17.7 Å². The average Bonchev–Trinajstić information content (AvgIpc) is 2.35. The minimum absolute atomic E-state index is 0.0607. The highest BCUT2D eigenvalue weighted by molar-refractivity contribution is 5.78. The fraction of sp³-hybridized carbons (Fsp3) is 0.733. The Morgan fingerprint density at radius 2 is 1.89 bits per heavy atom. The summed E-state index contributed by atoms with van der Waals surface area (Å²) in [6, 6.07) is 0. The van der Waals surface area contributed by atoms with Crippen LogP contribution in [0.25, 0.3) is 0 Å². The van der Waals surface area contributed by atoms with Crippen LogP contribution in [-0.2, 0) is 9.59 Å². The fourth-order valence-electron chi connectivity index (χ4n) is 3.03. The summed E-state index contributed by atoms with van der Waals surface area (Å²) in [6.45, 7) is 6.78. The molecule has 19 heavy (non-hydrogen) atoms. The van der Waals surface area contributed by atoms with Crippen LogP contribution in [0.4, 0.5) is 0 Å². The molecule has 1 aliphatic carbocycles. The molecule has 0 heterocycles. The van der Waals surface area contributed by atoms with Crippen LogP contribution < -0.4 is 0 Å². The Labute approximate surface area is 115 Å². The molecule has 1 saturated carbocycles. The molecule has 0 aromatic carbocycles. The van der Waals surface area contributed by atoms with Gasteiger partial charge in [-0.15, -0.1) is 6.58 Å². The van der Waals surface area contributed by atoms with Gasteiger partial charge in [-0.05, 0) is 25.2 Å². The lowest BCUT2D eigenvalue weighted by atomic mass is 9.69. The topological polar surface area (TPSA) is 57.6 Å². The highest BCUT2D eigenvalue weighted by Crippen LogP contribution is 2.42. The number of hydrogen-bond acceptors (Lipinski definition) is 2. The van der Waals surface area contributed by atoms with E-state index >= 15 is 0 Å². The maximum atomic E-state index is 12.3. The molecule has 1 rings (SSSR count). The van der Waals surface area contributed by atoms with Crippen LogP contribution in [-0.4, -0.2) is 35.0 Å². The second kappa shape index (κ2) is 7.31. The van der Waals surface area contributed by atoms with Crippen molar-refractivity contribution in [1.82, 2.24) is 4.90 Å². The largest absolute Gasteiger partial charge is 0.481 e. The molecule has 4 nitrogen and oxygen atoms in total. The average molecular weight is 267 g/mol. The predicted octanol–water partition coefficient (Wildman–Crippen LogP) is 2.84. The smallest absolute Gasteiger partial charge is 0.303 e. The standard InChI is InChI=1S/C15H25NO3/c1-3-10-16(4-2)13(17)11-15(12-14(18)19)8-6-5-7-9-15/h3H,1,4-12H2,2H3,(H,18,19). The van der Waals surface area contributed by atoms with Crippen molar-refractivity contribution in [3.05, 3.63) is 12.7 Å². The molecule has 0 radical (unpaired) electrons. The molecule has 0 saturated heterocycles. The molecule has 1 aliphatic rings. The first-order valence-corrected chi connectivity index (χ1v) is 7.13. The van der Waals surface area contributed by atoms with Gasteiger partial charge in [0.15, 0.2) is 0 Å². The summed E-state index contributed by atoms with van der Waals surface area (Å²) in [5.41, 5.74) is -0.324. The molecule has 108 valence electrons. The Balaban J connectivity index is 2.73. The highest BCUT2D eigenvalue weighted by atomic mass is 16.4. The normalized spacial score (nSPS) is 17.7. The number of carbonyl (C=O) groups is 2. The second-order valence-electron chi connectivity index (χ2n) is 5.53. The number of rotatable bonds is 7. The zero-order valence-corrected chi connectivity index (χ0v) is 11.9. The van der Waals surface area contributed by atoms with E-state index < -0.39 is 5.97 Å². The van der Waals surface area contributed by atoms with Gasteiger partial charge in [-0.3, -0.25) is 9.59 Å². The molecule has 1 amide bonds. The van der Waals surface area contributed by atoms with Crippen molar-refractivity contribution in [3.63, 3.8) is 0 Å². The van der Waals surface area contributed by atoms with E-state index in [9.17, 15) is 9.59 Å². The molecule has 0 spiro atoms. The van der Waals surface area contributed by atoms with Gasteiger partial charge in [-0.25, -0.2) is 0 Å². The van der Waals surface area contributed by atoms with Crippen LogP contribution in [0.1, 0.15) is 51.9 Å². The fourth-order valence-corrected chi connectivity index (χ4v) is 3.03. The number of likely N-dealkylation sites (N-methyl/N-ethyl adjacent to an activating group) is 1. The van der Waals surface area contributed by atoms with Gasteiger partial charge in [0.1, 0.15) is 0 Å². The Morgan fingerprint density at radius 1 is 1.26 bits per heavy atom. The summed E-state index contributed by atoms with van der Waals surface area (Å²) in [7, 11) is 0. The van der Waals surface area contributed by atoms with Crippen molar-refractivity contribution >= 4 is 11.9 Å². The van der Waals surface area contributed by atoms with Crippen molar-refractivity contribution in [2.75, 3.05) is 13.1 Å². The van der Waals surface area contributed by atoms with E-state index in [1.54, 1.807) is 11.0 Å². The third-order valence-corrected chi connectivity index (χ3v) is 4.05. The summed E-state index contributed by atoms with van der Waals surface area (Å²) < 4.78 is 0. The Bertz CT molecular complexity index is 332. The van der Waals surface area contributed by atoms with Crippen molar-refractivity contribution in [2.24, 2.45) is 5.41 Å². The lowest BCUT2D eigenvalue weighted by Crippen LogP contribution is -2.38. The molecular formula is C15H25NO3. The van der Waals surface area contributed by atoms with Gasteiger partial charge < -0.3 is 10.0 Å². The molecular weight excluding hydrogens is 242 g/mol. The minimum atomic E-state index is -0.790. The number of amides is 1. The van der Waals surface area contributed by atoms with Gasteiger partial charge in [-0.2, -0.15) is 0 Å². The number of hydrogen-bond donors (Lipinski definition) is 1.